The first kappa shape index (κ1) is 42.4. The number of aryl methyl sites for hydroxylation is 2. The monoisotopic (exact) mass is 808 g/mol. The number of aromatic nitrogens is 6. The van der Waals surface area contributed by atoms with Gasteiger partial charge in [-0.2, -0.15) is 0 Å². The van der Waals surface area contributed by atoms with Crippen LogP contribution in [0.5, 0.6) is 5.75 Å². The number of aliphatic hydroxyl groups excluding tert-OH is 1. The second-order valence-electron chi connectivity index (χ2n) is 15.8. The Labute approximate surface area is 350 Å². The minimum Gasteiger partial charge on any atom is -0.496 e. The highest BCUT2D eigenvalue weighted by molar-refractivity contribution is 6.65. The molecule has 3 aromatic carbocycles. The summed E-state index contributed by atoms with van der Waals surface area (Å²) in [4.78, 5) is 22.9. The Kier molecular flexibility index (Phi) is 12.1. The van der Waals surface area contributed by atoms with E-state index < -0.39 is 0 Å². The maximum Gasteiger partial charge on any atom is 0.495 e. The molecule has 0 amide bonds. The highest BCUT2D eigenvalue weighted by Crippen LogP contribution is 2.43. The Balaban J connectivity index is 0.000000209. The van der Waals surface area contributed by atoms with Crippen LogP contribution in [-0.4, -0.2) is 80.9 Å². The van der Waals surface area contributed by atoms with Crippen LogP contribution in [0.3, 0.4) is 0 Å². The molecule has 60 heavy (non-hydrogen) atoms. The van der Waals surface area contributed by atoms with Crippen LogP contribution in [0, 0.1) is 13.8 Å². The van der Waals surface area contributed by atoms with E-state index in [1.165, 1.54) is 0 Å². The first-order valence-electron chi connectivity index (χ1n) is 19.9. The molecule has 0 atom stereocenters. The topological polar surface area (TPSA) is 151 Å². The molecule has 0 radical (unpaired) electrons. The lowest BCUT2D eigenvalue weighted by Crippen LogP contribution is -2.41. The number of aromatic amines is 1. The molecule has 0 spiro atoms. The van der Waals surface area contributed by atoms with E-state index in [0.29, 0.717) is 0 Å². The highest BCUT2D eigenvalue weighted by atomic mass is 16.7. The molecule has 2 aliphatic heterocycles. The van der Waals surface area contributed by atoms with E-state index >= 15 is 0 Å². The van der Waals surface area contributed by atoms with Crippen molar-refractivity contribution < 1.29 is 28.4 Å². The summed E-state index contributed by atoms with van der Waals surface area (Å²) >= 11 is 0. The largest absolute Gasteiger partial charge is 0.496 e. The van der Waals surface area contributed by atoms with Crippen molar-refractivity contribution in [2.45, 2.75) is 78.9 Å². The van der Waals surface area contributed by atoms with Crippen LogP contribution in [0.4, 0.5) is 0 Å². The second kappa shape index (κ2) is 17.1. The summed E-state index contributed by atoms with van der Waals surface area (Å²) in [6, 6.07) is 24.4. The van der Waals surface area contributed by atoms with Gasteiger partial charge in [0.2, 0.25) is 0 Å². The molecule has 2 N–H and O–H groups in total. The van der Waals surface area contributed by atoms with Crippen LogP contribution in [0.15, 0.2) is 89.7 Å². The van der Waals surface area contributed by atoms with Crippen LogP contribution >= 0.6 is 0 Å². The van der Waals surface area contributed by atoms with Crippen LogP contribution in [-0.2, 0) is 14.0 Å². The van der Waals surface area contributed by atoms with E-state index in [4.69, 9.17) is 38.4 Å². The Hall–Kier alpha value is -5.73. The van der Waals surface area contributed by atoms with Gasteiger partial charge in [-0.1, -0.05) is 49.0 Å². The molecule has 2 saturated heterocycles. The van der Waals surface area contributed by atoms with Gasteiger partial charge in [-0.15, -0.1) is 0 Å². The average Bonchev–Trinajstić information content (AvgIpc) is 3.87. The van der Waals surface area contributed by atoms with E-state index in [1.807, 2.05) is 74.8 Å². The van der Waals surface area contributed by atoms with Gasteiger partial charge < -0.3 is 33.4 Å². The number of hydrogen-bond donors (Lipinski definition) is 2. The van der Waals surface area contributed by atoms with Gasteiger partial charge in [0.1, 0.15) is 23.0 Å². The zero-order valence-electron chi connectivity index (χ0n) is 34.8. The third kappa shape index (κ3) is 7.62. The summed E-state index contributed by atoms with van der Waals surface area (Å²) in [5.41, 5.74) is 8.69. The second-order valence-corrected chi connectivity index (χ2v) is 15.8. The number of nitrogens with zero attached hydrogens (tertiary/aromatic N) is 5. The van der Waals surface area contributed by atoms with Gasteiger partial charge in [-0.3, -0.25) is 9.97 Å². The maximum absolute atomic E-state index is 7.00. The van der Waals surface area contributed by atoms with Gasteiger partial charge in [-0.05, 0) is 102 Å². The quantitative estimate of drug-likeness (QED) is 0.160. The number of rotatable bonds is 5. The molecular weight excluding hydrogens is 755 g/mol. The van der Waals surface area contributed by atoms with Crippen molar-refractivity contribution in [1.29, 1.82) is 0 Å². The SMILES string of the molecule is C.CC1(C)OB(c2ccnc3ccccc23)OC1(C)C.CO.COc1cc2c(cc1-c1c(C)noc1C)[nH]c1nc(C3CCOCC3)nc(-c3ccnc4ccccc34)c12. The normalized spacial score (nSPS) is 16.0. The van der Waals surface area contributed by atoms with Crippen molar-refractivity contribution in [3.8, 4) is 28.1 Å². The summed E-state index contributed by atoms with van der Waals surface area (Å²) in [6.07, 6.45) is 5.48. The molecule has 13 heteroatoms. The summed E-state index contributed by atoms with van der Waals surface area (Å²) in [5.74, 6) is 2.59. The number of fused-ring (bicyclic) bond motifs is 5. The first-order chi connectivity index (χ1) is 28.5. The lowest BCUT2D eigenvalue weighted by molar-refractivity contribution is 0.00578. The maximum atomic E-state index is 7.00. The molecule has 12 nitrogen and oxygen atoms in total. The number of methoxy groups -OCH3 is 1. The number of ether oxygens (including phenoxy) is 2. The molecule has 2 aliphatic rings. The van der Waals surface area contributed by atoms with E-state index in [-0.39, 0.29) is 31.7 Å². The number of pyridine rings is 2. The number of aliphatic hydroxyl groups is 1. The van der Waals surface area contributed by atoms with Gasteiger partial charge in [0.15, 0.2) is 0 Å². The van der Waals surface area contributed by atoms with Crippen molar-refractivity contribution in [2.24, 2.45) is 0 Å². The summed E-state index contributed by atoms with van der Waals surface area (Å²) < 4.78 is 29.2. The lowest BCUT2D eigenvalue weighted by Gasteiger charge is -2.32. The predicted octanol–water partition coefficient (Wildman–Crippen LogP) is 9.28. The van der Waals surface area contributed by atoms with Gasteiger partial charge >= 0.3 is 7.12 Å². The van der Waals surface area contributed by atoms with E-state index in [0.717, 1.165) is 128 Å². The number of para-hydroxylation sites is 2. The Morgan fingerprint density at radius 2 is 1.42 bits per heavy atom. The Morgan fingerprint density at radius 1 is 0.783 bits per heavy atom. The summed E-state index contributed by atoms with van der Waals surface area (Å²) in [7, 11) is 2.35. The minimum atomic E-state index is -0.335. The fraction of sp³-hybridized carbons (Fsp3) is 0.340. The fourth-order valence-electron chi connectivity index (χ4n) is 8.00. The minimum absolute atomic E-state index is 0. The fourth-order valence-corrected chi connectivity index (χ4v) is 8.00. The van der Waals surface area contributed by atoms with E-state index in [9.17, 15) is 0 Å². The smallest absolute Gasteiger partial charge is 0.495 e. The van der Waals surface area contributed by atoms with Crippen molar-refractivity contribution in [3.05, 3.63) is 102 Å². The molecule has 0 aliphatic carbocycles. The molecule has 310 valence electrons. The first-order valence-corrected chi connectivity index (χ1v) is 19.9. The zero-order chi connectivity index (χ0) is 41.5. The molecule has 10 rings (SSSR count). The lowest BCUT2D eigenvalue weighted by atomic mass is 9.77. The molecule has 7 heterocycles. The third-order valence-electron chi connectivity index (χ3n) is 11.8. The molecule has 0 saturated carbocycles. The predicted molar refractivity (Wildman–Crippen MR) is 239 cm³/mol. The standard InChI is InChI=1S/C30H27N5O3.C15H18BNO2.CH4O.CH4/c1-16-26(17(2)38-35-16)22-14-24-21(15-25(22)36-3)27-28(20-8-11-31-23-7-5-4-6-19(20)23)33-29(34-30(27)32-24)18-9-12-37-13-10-18;1-14(2)15(3,4)19-16(18-14)12-9-10-17-13-8-6-5-7-11(12)13;1-2;/h4-8,11,14-15,18H,9-10,12-13H2,1-3H3,(H,32,33,34);5-10H,1-4H3;2H,1H3;1H4. The van der Waals surface area contributed by atoms with Crippen LogP contribution in [0.25, 0.3) is 66.1 Å². The van der Waals surface area contributed by atoms with Gasteiger partial charge in [0.25, 0.3) is 0 Å². The van der Waals surface area contributed by atoms with Crippen molar-refractivity contribution in [1.82, 2.24) is 30.1 Å². The van der Waals surface area contributed by atoms with Crippen LogP contribution in [0.2, 0.25) is 0 Å². The number of benzene rings is 3. The van der Waals surface area contributed by atoms with Gasteiger partial charge in [-0.25, -0.2) is 9.97 Å². The molecular formula is C47H53BN6O6. The Bertz CT molecular complexity index is 2750. The molecule has 0 bridgehead atoms. The van der Waals surface area contributed by atoms with Crippen molar-refractivity contribution in [2.75, 3.05) is 27.4 Å². The Morgan fingerprint density at radius 3 is 2.07 bits per heavy atom. The van der Waals surface area contributed by atoms with Crippen molar-refractivity contribution in [3.63, 3.8) is 0 Å². The van der Waals surface area contributed by atoms with Crippen LogP contribution in [0.1, 0.15) is 71.2 Å². The summed E-state index contributed by atoms with van der Waals surface area (Å²) in [6.45, 7) is 13.6. The van der Waals surface area contributed by atoms with E-state index in [1.54, 1.807) is 7.11 Å². The molecule has 2 fully saturated rings. The molecule has 5 aromatic heterocycles. The highest BCUT2D eigenvalue weighted by Gasteiger charge is 2.52. The molecule has 8 aromatic rings. The molecule has 0 unspecified atom stereocenters. The van der Waals surface area contributed by atoms with Gasteiger partial charge in [0.05, 0.1) is 51.7 Å². The number of nitrogens with one attached hydrogen (secondary N) is 1. The van der Waals surface area contributed by atoms with Crippen molar-refractivity contribution >= 4 is 56.3 Å². The zero-order valence-corrected chi connectivity index (χ0v) is 34.8. The van der Waals surface area contributed by atoms with Crippen LogP contribution < -0.4 is 10.2 Å². The number of hydrogen-bond acceptors (Lipinski definition) is 11. The van der Waals surface area contributed by atoms with Gasteiger partial charge in [0, 0.05) is 66.1 Å². The number of H-pyrrole nitrogens is 1. The summed E-state index contributed by atoms with van der Waals surface area (Å²) in [5, 5.41) is 15.3. The average molecular weight is 809 g/mol. The third-order valence-corrected chi connectivity index (χ3v) is 11.8. The van der Waals surface area contributed by atoms with E-state index in [2.05, 4.69) is 72.1 Å².